The van der Waals surface area contributed by atoms with Crippen LogP contribution in [0.25, 0.3) is 0 Å². The van der Waals surface area contributed by atoms with E-state index in [1.54, 1.807) is 11.3 Å². The maximum Gasteiger partial charge on any atom is 0.107 e. The average Bonchev–Trinajstić information content (AvgIpc) is 2.61. The van der Waals surface area contributed by atoms with E-state index in [2.05, 4.69) is 26.9 Å². The van der Waals surface area contributed by atoms with Gasteiger partial charge in [0.05, 0.1) is 19.3 Å². The van der Waals surface area contributed by atoms with Crippen molar-refractivity contribution in [2.75, 3.05) is 32.8 Å². The molecule has 6 heteroatoms. The third-order valence-corrected chi connectivity index (χ3v) is 5.28. The van der Waals surface area contributed by atoms with Crippen molar-refractivity contribution in [1.82, 2.24) is 4.90 Å². The lowest BCUT2D eigenvalue weighted by molar-refractivity contribution is 0.0186. The molecule has 1 aromatic heterocycles. The summed E-state index contributed by atoms with van der Waals surface area (Å²) in [4.78, 5) is 3.58. The van der Waals surface area contributed by atoms with Crippen LogP contribution in [0.2, 0.25) is 4.34 Å². The Morgan fingerprint density at radius 2 is 2.25 bits per heavy atom. The van der Waals surface area contributed by atoms with Crippen molar-refractivity contribution >= 4 is 38.9 Å². The zero-order valence-electron chi connectivity index (χ0n) is 8.79. The lowest BCUT2D eigenvalue weighted by atomic mass is 10.2. The van der Waals surface area contributed by atoms with E-state index in [1.165, 1.54) is 4.88 Å². The van der Waals surface area contributed by atoms with Crippen LogP contribution in [0.5, 0.6) is 0 Å². The smallest absolute Gasteiger partial charge is 0.107 e. The van der Waals surface area contributed by atoms with Crippen molar-refractivity contribution in [3.05, 3.63) is 19.8 Å². The molecule has 1 aliphatic heterocycles. The van der Waals surface area contributed by atoms with Gasteiger partial charge in [-0.2, -0.15) is 0 Å². The summed E-state index contributed by atoms with van der Waals surface area (Å²) in [6.07, 6.45) is 0. The summed E-state index contributed by atoms with van der Waals surface area (Å²) in [5.74, 6) is 0. The third-order valence-electron chi connectivity index (χ3n) is 2.70. The predicted octanol–water partition coefficient (Wildman–Crippen LogP) is 2.50. The summed E-state index contributed by atoms with van der Waals surface area (Å²) in [5, 5.41) is 0. The molecule has 1 aromatic rings. The highest BCUT2D eigenvalue weighted by Crippen LogP contribution is 2.36. The van der Waals surface area contributed by atoms with Crippen molar-refractivity contribution in [1.29, 1.82) is 0 Å². The molecule has 1 fully saturated rings. The van der Waals surface area contributed by atoms with Gasteiger partial charge in [0.15, 0.2) is 0 Å². The molecule has 0 aliphatic carbocycles. The van der Waals surface area contributed by atoms with Crippen LogP contribution in [0.4, 0.5) is 0 Å². The second-order valence-corrected chi connectivity index (χ2v) is 6.21. The summed E-state index contributed by atoms with van der Waals surface area (Å²) in [7, 11) is 0. The number of nitrogens with two attached hydrogens (primary N) is 1. The van der Waals surface area contributed by atoms with E-state index < -0.39 is 0 Å². The molecule has 90 valence electrons. The standard InChI is InChI=1S/C10H14BrClN2OS/c11-7-5-9(16-10(7)12)8(6-13)14-1-3-15-4-2-14/h5,8H,1-4,6,13H2. The van der Waals surface area contributed by atoms with Crippen LogP contribution in [0, 0.1) is 0 Å². The Balaban J connectivity index is 2.14. The predicted molar refractivity (Wildman–Crippen MR) is 71.2 cm³/mol. The molecule has 0 bridgehead atoms. The summed E-state index contributed by atoms with van der Waals surface area (Å²) < 4.78 is 7.10. The highest BCUT2D eigenvalue weighted by molar-refractivity contribution is 9.10. The number of morpholine rings is 1. The molecule has 0 spiro atoms. The fraction of sp³-hybridized carbons (Fsp3) is 0.600. The first-order valence-electron chi connectivity index (χ1n) is 5.19. The summed E-state index contributed by atoms with van der Waals surface area (Å²) in [5.41, 5.74) is 5.86. The molecule has 1 saturated heterocycles. The zero-order chi connectivity index (χ0) is 11.5. The summed E-state index contributed by atoms with van der Waals surface area (Å²) in [6.45, 7) is 4.07. The Labute approximate surface area is 113 Å². The van der Waals surface area contributed by atoms with Gasteiger partial charge in [0.25, 0.3) is 0 Å². The summed E-state index contributed by atoms with van der Waals surface area (Å²) >= 11 is 11.1. The molecule has 1 atom stereocenters. The topological polar surface area (TPSA) is 38.5 Å². The fourth-order valence-electron chi connectivity index (χ4n) is 1.86. The largest absolute Gasteiger partial charge is 0.379 e. The Kier molecular flexibility index (Phi) is 4.64. The number of hydrogen-bond acceptors (Lipinski definition) is 4. The average molecular weight is 326 g/mol. The molecule has 0 saturated carbocycles. The van der Waals surface area contributed by atoms with E-state index in [1.807, 2.05) is 0 Å². The molecule has 16 heavy (non-hydrogen) atoms. The number of thiophene rings is 1. The van der Waals surface area contributed by atoms with Crippen LogP contribution < -0.4 is 5.73 Å². The van der Waals surface area contributed by atoms with Crippen molar-refractivity contribution in [3.63, 3.8) is 0 Å². The quantitative estimate of drug-likeness (QED) is 0.928. The number of rotatable bonds is 3. The van der Waals surface area contributed by atoms with Gasteiger partial charge in [-0.15, -0.1) is 11.3 Å². The van der Waals surface area contributed by atoms with Gasteiger partial charge in [0.1, 0.15) is 4.34 Å². The van der Waals surface area contributed by atoms with Gasteiger partial charge in [-0.05, 0) is 22.0 Å². The molecule has 2 N–H and O–H groups in total. The monoisotopic (exact) mass is 324 g/mol. The zero-order valence-corrected chi connectivity index (χ0v) is 11.9. The maximum atomic E-state index is 6.06. The lowest BCUT2D eigenvalue weighted by Gasteiger charge is -2.33. The van der Waals surface area contributed by atoms with E-state index in [0.717, 1.165) is 35.1 Å². The fourth-order valence-corrected chi connectivity index (χ4v) is 3.75. The first-order valence-corrected chi connectivity index (χ1v) is 7.17. The van der Waals surface area contributed by atoms with Crippen molar-refractivity contribution in [2.24, 2.45) is 5.73 Å². The van der Waals surface area contributed by atoms with Crippen molar-refractivity contribution < 1.29 is 4.74 Å². The highest BCUT2D eigenvalue weighted by atomic mass is 79.9. The molecule has 0 amide bonds. The maximum absolute atomic E-state index is 6.06. The highest BCUT2D eigenvalue weighted by Gasteiger charge is 2.23. The number of hydrogen-bond donors (Lipinski definition) is 1. The first-order chi connectivity index (χ1) is 7.72. The van der Waals surface area contributed by atoms with Crippen LogP contribution in [0.3, 0.4) is 0 Å². The minimum absolute atomic E-state index is 0.262. The van der Waals surface area contributed by atoms with Gasteiger partial charge in [0.2, 0.25) is 0 Å². The summed E-state index contributed by atoms with van der Waals surface area (Å²) in [6, 6.07) is 2.33. The Hall–Kier alpha value is 0.350. The normalized spacial score (nSPS) is 19.9. The molecule has 3 nitrogen and oxygen atoms in total. The van der Waals surface area contributed by atoms with Crippen LogP contribution >= 0.6 is 38.9 Å². The van der Waals surface area contributed by atoms with E-state index in [-0.39, 0.29) is 6.04 Å². The van der Waals surface area contributed by atoms with E-state index in [4.69, 9.17) is 22.1 Å². The van der Waals surface area contributed by atoms with Gasteiger partial charge in [-0.1, -0.05) is 11.6 Å². The first kappa shape index (κ1) is 12.8. The number of nitrogens with zero attached hydrogens (tertiary/aromatic N) is 1. The molecule has 2 rings (SSSR count). The third kappa shape index (κ3) is 2.78. The second kappa shape index (κ2) is 5.80. The molecule has 1 unspecified atom stereocenters. The Morgan fingerprint density at radius 1 is 1.56 bits per heavy atom. The molecule has 0 radical (unpaired) electrons. The van der Waals surface area contributed by atoms with Gasteiger partial charge in [0, 0.05) is 29.0 Å². The minimum atomic E-state index is 0.262. The van der Waals surface area contributed by atoms with Crippen molar-refractivity contribution in [3.8, 4) is 0 Å². The molecular formula is C10H14BrClN2OS. The number of halogens is 2. The van der Waals surface area contributed by atoms with Gasteiger partial charge >= 0.3 is 0 Å². The molecule has 0 aromatic carbocycles. The van der Waals surface area contributed by atoms with Crippen LogP contribution in [-0.2, 0) is 4.74 Å². The van der Waals surface area contributed by atoms with E-state index in [9.17, 15) is 0 Å². The minimum Gasteiger partial charge on any atom is -0.379 e. The number of ether oxygens (including phenoxy) is 1. The Morgan fingerprint density at radius 3 is 2.75 bits per heavy atom. The second-order valence-electron chi connectivity index (χ2n) is 3.67. The SMILES string of the molecule is NCC(c1cc(Br)c(Cl)s1)N1CCOCC1. The van der Waals surface area contributed by atoms with Crippen LogP contribution in [0.15, 0.2) is 10.5 Å². The molecule has 2 heterocycles. The van der Waals surface area contributed by atoms with Crippen molar-refractivity contribution in [2.45, 2.75) is 6.04 Å². The van der Waals surface area contributed by atoms with E-state index in [0.29, 0.717) is 6.54 Å². The molecular weight excluding hydrogens is 312 g/mol. The van der Waals surface area contributed by atoms with Gasteiger partial charge in [-0.3, -0.25) is 4.90 Å². The van der Waals surface area contributed by atoms with E-state index >= 15 is 0 Å². The van der Waals surface area contributed by atoms with Gasteiger partial charge in [-0.25, -0.2) is 0 Å². The molecule has 1 aliphatic rings. The van der Waals surface area contributed by atoms with Crippen LogP contribution in [0.1, 0.15) is 10.9 Å². The lowest BCUT2D eigenvalue weighted by Crippen LogP contribution is -2.41. The van der Waals surface area contributed by atoms with Crippen LogP contribution in [-0.4, -0.2) is 37.7 Å². The van der Waals surface area contributed by atoms with Gasteiger partial charge < -0.3 is 10.5 Å². The Bertz CT molecular complexity index is 335.